The van der Waals surface area contributed by atoms with Crippen LogP contribution in [0.5, 0.6) is 0 Å². The van der Waals surface area contributed by atoms with Gasteiger partial charge in [-0.1, -0.05) is 12.1 Å². The Kier molecular flexibility index (Phi) is 5.34. The van der Waals surface area contributed by atoms with Crippen molar-refractivity contribution in [3.05, 3.63) is 57.8 Å². The van der Waals surface area contributed by atoms with E-state index in [0.29, 0.717) is 6.04 Å². The van der Waals surface area contributed by atoms with Crippen LogP contribution in [0.3, 0.4) is 0 Å². The van der Waals surface area contributed by atoms with E-state index >= 15 is 0 Å². The Hall–Kier alpha value is -2.09. The van der Waals surface area contributed by atoms with Crippen LogP contribution in [-0.4, -0.2) is 35.2 Å². The number of aliphatic carboxylic acids is 1. The van der Waals surface area contributed by atoms with Gasteiger partial charge >= 0.3 is 5.97 Å². The number of carboxylic acids is 1. The Bertz CT molecular complexity index is 746. The number of benzene rings is 1. The third-order valence-electron chi connectivity index (χ3n) is 3.94. The standard InChI is InChI=1S/C18H18IN3O2/c19-15-3-1-2-4-16(15)22-10-9-14(12-22)21-17-7-5-13(11-20-17)6-8-18(23)24/h1-8,11,14H,9-10,12H2,(H,20,21)(H,23,24)/t14-/m1/s1. The Morgan fingerprint density at radius 3 is 2.88 bits per heavy atom. The molecule has 2 aromatic rings. The molecule has 0 saturated carbocycles. The maximum atomic E-state index is 10.5. The molecule has 24 heavy (non-hydrogen) atoms. The highest BCUT2D eigenvalue weighted by Gasteiger charge is 2.23. The minimum absolute atomic E-state index is 0.355. The molecule has 0 aliphatic carbocycles. The first kappa shape index (κ1) is 16.8. The maximum Gasteiger partial charge on any atom is 0.328 e. The largest absolute Gasteiger partial charge is 0.478 e. The summed E-state index contributed by atoms with van der Waals surface area (Å²) >= 11 is 2.37. The minimum atomic E-state index is -0.959. The molecule has 0 amide bonds. The van der Waals surface area contributed by atoms with Crippen LogP contribution >= 0.6 is 22.6 Å². The first-order valence-corrected chi connectivity index (χ1v) is 8.83. The van der Waals surface area contributed by atoms with Crippen LogP contribution < -0.4 is 10.2 Å². The van der Waals surface area contributed by atoms with Gasteiger partial charge in [0, 0.05) is 35.0 Å². The summed E-state index contributed by atoms with van der Waals surface area (Å²) in [4.78, 5) is 17.3. The van der Waals surface area contributed by atoms with Gasteiger partial charge in [-0.3, -0.25) is 0 Å². The lowest BCUT2D eigenvalue weighted by Crippen LogP contribution is -2.26. The smallest absolute Gasteiger partial charge is 0.328 e. The summed E-state index contributed by atoms with van der Waals surface area (Å²) in [5.74, 6) is -0.143. The second-order valence-electron chi connectivity index (χ2n) is 5.68. The van der Waals surface area contributed by atoms with E-state index in [0.717, 1.165) is 37.0 Å². The fraction of sp³-hybridized carbons (Fsp3) is 0.222. The number of nitrogens with one attached hydrogen (secondary N) is 1. The number of carbonyl (C=O) groups is 1. The second-order valence-corrected chi connectivity index (χ2v) is 6.84. The molecule has 0 radical (unpaired) electrons. The topological polar surface area (TPSA) is 65.5 Å². The Labute approximate surface area is 154 Å². The molecule has 5 nitrogen and oxygen atoms in total. The number of hydrogen-bond donors (Lipinski definition) is 2. The molecule has 6 heteroatoms. The molecule has 1 aromatic heterocycles. The quantitative estimate of drug-likeness (QED) is 0.557. The predicted octanol–water partition coefficient (Wildman–Crippen LogP) is 3.47. The Morgan fingerprint density at radius 2 is 2.17 bits per heavy atom. The lowest BCUT2D eigenvalue weighted by Gasteiger charge is -2.20. The fourth-order valence-corrected chi connectivity index (χ4v) is 3.50. The van der Waals surface area contributed by atoms with E-state index in [1.54, 1.807) is 6.20 Å². The Morgan fingerprint density at radius 1 is 1.33 bits per heavy atom. The van der Waals surface area contributed by atoms with Crippen molar-refractivity contribution in [1.29, 1.82) is 0 Å². The summed E-state index contributed by atoms with van der Waals surface area (Å²) in [5, 5.41) is 12.1. The van der Waals surface area contributed by atoms with Crippen molar-refractivity contribution in [3.63, 3.8) is 0 Å². The number of carboxylic acid groups (broad SMARTS) is 1. The van der Waals surface area contributed by atoms with Gasteiger partial charge in [-0.15, -0.1) is 0 Å². The minimum Gasteiger partial charge on any atom is -0.478 e. The number of para-hydroxylation sites is 1. The first-order chi connectivity index (χ1) is 11.6. The monoisotopic (exact) mass is 435 g/mol. The van der Waals surface area contributed by atoms with Crippen molar-refractivity contribution >= 4 is 46.1 Å². The van der Waals surface area contributed by atoms with Gasteiger partial charge in [0.05, 0.1) is 5.69 Å². The van der Waals surface area contributed by atoms with Gasteiger partial charge in [0.15, 0.2) is 0 Å². The fourth-order valence-electron chi connectivity index (χ4n) is 2.77. The molecule has 1 fully saturated rings. The van der Waals surface area contributed by atoms with E-state index in [-0.39, 0.29) is 0 Å². The van der Waals surface area contributed by atoms with Gasteiger partial charge in [0.2, 0.25) is 0 Å². The molecule has 0 bridgehead atoms. The maximum absolute atomic E-state index is 10.5. The van der Waals surface area contributed by atoms with Crippen LogP contribution in [0.15, 0.2) is 48.7 Å². The molecule has 1 aliphatic rings. The summed E-state index contributed by atoms with van der Waals surface area (Å²) in [5.41, 5.74) is 2.05. The number of aromatic nitrogens is 1. The molecule has 124 valence electrons. The van der Waals surface area contributed by atoms with Crippen molar-refractivity contribution in [2.24, 2.45) is 0 Å². The predicted molar refractivity (Wildman–Crippen MR) is 104 cm³/mol. The highest BCUT2D eigenvalue weighted by molar-refractivity contribution is 14.1. The highest BCUT2D eigenvalue weighted by atomic mass is 127. The van der Waals surface area contributed by atoms with Gasteiger partial charge in [0.25, 0.3) is 0 Å². The summed E-state index contributed by atoms with van der Waals surface area (Å²) in [6, 6.07) is 12.5. The highest BCUT2D eigenvalue weighted by Crippen LogP contribution is 2.26. The number of pyridine rings is 1. The van der Waals surface area contributed by atoms with E-state index in [4.69, 9.17) is 5.11 Å². The zero-order chi connectivity index (χ0) is 16.9. The first-order valence-electron chi connectivity index (χ1n) is 7.75. The number of rotatable bonds is 5. The molecule has 1 aliphatic heterocycles. The second kappa shape index (κ2) is 7.65. The summed E-state index contributed by atoms with van der Waals surface area (Å²) in [6.07, 6.45) is 5.39. The number of anilines is 2. The van der Waals surface area contributed by atoms with E-state index in [1.165, 1.54) is 15.3 Å². The Balaban J connectivity index is 1.59. The van der Waals surface area contributed by atoms with Gasteiger partial charge in [-0.2, -0.15) is 0 Å². The van der Waals surface area contributed by atoms with Gasteiger partial charge in [-0.05, 0) is 64.9 Å². The molecule has 1 aromatic carbocycles. The van der Waals surface area contributed by atoms with Crippen LogP contribution in [0.25, 0.3) is 6.08 Å². The van der Waals surface area contributed by atoms with E-state index in [1.807, 2.05) is 12.1 Å². The van der Waals surface area contributed by atoms with E-state index < -0.39 is 5.97 Å². The molecule has 3 rings (SSSR count). The van der Waals surface area contributed by atoms with Crippen LogP contribution in [0.1, 0.15) is 12.0 Å². The SMILES string of the molecule is O=C(O)C=Cc1ccc(N[C@@H]2CCN(c3ccccc3I)C2)nc1. The summed E-state index contributed by atoms with van der Waals surface area (Å²) < 4.78 is 1.27. The molecule has 0 spiro atoms. The lowest BCUT2D eigenvalue weighted by atomic mass is 10.2. The van der Waals surface area contributed by atoms with Crippen molar-refractivity contribution in [3.8, 4) is 0 Å². The van der Waals surface area contributed by atoms with E-state index in [9.17, 15) is 4.79 Å². The van der Waals surface area contributed by atoms with Gasteiger partial charge in [-0.25, -0.2) is 9.78 Å². The zero-order valence-corrected chi connectivity index (χ0v) is 15.2. The summed E-state index contributed by atoms with van der Waals surface area (Å²) in [6.45, 7) is 1.97. The van der Waals surface area contributed by atoms with Crippen LogP contribution in [0.4, 0.5) is 11.5 Å². The van der Waals surface area contributed by atoms with Gasteiger partial charge in [0.1, 0.15) is 5.82 Å². The van der Waals surface area contributed by atoms with Crippen molar-refractivity contribution in [2.75, 3.05) is 23.3 Å². The van der Waals surface area contributed by atoms with Crippen LogP contribution in [-0.2, 0) is 4.79 Å². The van der Waals surface area contributed by atoms with E-state index in [2.05, 4.69) is 62.1 Å². The number of hydrogen-bond acceptors (Lipinski definition) is 4. The molecule has 0 unspecified atom stereocenters. The van der Waals surface area contributed by atoms with Crippen LogP contribution in [0.2, 0.25) is 0 Å². The van der Waals surface area contributed by atoms with Gasteiger partial charge < -0.3 is 15.3 Å². The normalized spacial score (nSPS) is 17.4. The molecule has 2 heterocycles. The van der Waals surface area contributed by atoms with Crippen LogP contribution in [0, 0.1) is 3.57 Å². The van der Waals surface area contributed by atoms with Crippen molar-refractivity contribution in [1.82, 2.24) is 4.98 Å². The van der Waals surface area contributed by atoms with Crippen molar-refractivity contribution in [2.45, 2.75) is 12.5 Å². The average molecular weight is 435 g/mol. The van der Waals surface area contributed by atoms with Crippen molar-refractivity contribution < 1.29 is 9.90 Å². The average Bonchev–Trinajstić information content (AvgIpc) is 3.03. The molecular weight excluding hydrogens is 417 g/mol. The molecular formula is C18H18IN3O2. The zero-order valence-electron chi connectivity index (χ0n) is 13.0. The number of nitrogens with zero attached hydrogens (tertiary/aromatic N) is 2. The number of halogens is 1. The summed E-state index contributed by atoms with van der Waals surface area (Å²) in [7, 11) is 0. The third kappa shape index (κ3) is 4.25. The molecule has 2 N–H and O–H groups in total. The lowest BCUT2D eigenvalue weighted by molar-refractivity contribution is -0.131. The molecule has 1 saturated heterocycles. The third-order valence-corrected chi connectivity index (χ3v) is 4.85. The molecule has 1 atom stereocenters.